The van der Waals surface area contributed by atoms with Gasteiger partial charge in [0.15, 0.2) is 0 Å². The molecule has 0 spiro atoms. The van der Waals surface area contributed by atoms with Crippen molar-refractivity contribution in [1.29, 1.82) is 0 Å². The van der Waals surface area contributed by atoms with Gasteiger partial charge in [0.25, 0.3) is 0 Å². The van der Waals surface area contributed by atoms with Gasteiger partial charge in [0, 0.05) is 25.8 Å². The van der Waals surface area contributed by atoms with Gasteiger partial charge in [0.05, 0.1) is 13.2 Å². The fourth-order valence-corrected chi connectivity index (χ4v) is 3.23. The van der Waals surface area contributed by atoms with Gasteiger partial charge in [0.1, 0.15) is 18.5 Å². The van der Waals surface area contributed by atoms with E-state index in [0.717, 1.165) is 30.0 Å². The van der Waals surface area contributed by atoms with E-state index in [1.807, 2.05) is 56.3 Å². The van der Waals surface area contributed by atoms with Gasteiger partial charge in [-0.15, -0.1) is 0 Å². The van der Waals surface area contributed by atoms with Crippen LogP contribution in [0.1, 0.15) is 25.0 Å². The number of nitrogens with zero attached hydrogens (tertiary/aromatic N) is 2. The largest absolute Gasteiger partial charge is 0.445 e. The van der Waals surface area contributed by atoms with Crippen molar-refractivity contribution in [2.24, 2.45) is 5.92 Å². The Morgan fingerprint density at radius 2 is 1.84 bits per heavy atom. The number of ether oxygens (including phenoxy) is 2. The van der Waals surface area contributed by atoms with Crippen LogP contribution in [0.2, 0.25) is 0 Å². The van der Waals surface area contributed by atoms with Crippen LogP contribution in [0.3, 0.4) is 0 Å². The topological polar surface area (TPSA) is 92.8 Å². The lowest BCUT2D eigenvalue weighted by atomic mass is 10.0. The van der Waals surface area contributed by atoms with Gasteiger partial charge in [-0.2, -0.15) is 0 Å². The van der Waals surface area contributed by atoms with Crippen LogP contribution in [0, 0.1) is 5.92 Å². The number of hydrogen-bond acceptors (Lipinski definition) is 6. The van der Waals surface area contributed by atoms with Gasteiger partial charge in [-0.3, -0.25) is 4.79 Å². The molecule has 1 aliphatic heterocycles. The number of anilines is 1. The van der Waals surface area contributed by atoms with E-state index in [1.165, 1.54) is 0 Å². The quantitative estimate of drug-likeness (QED) is 0.674. The predicted octanol–water partition coefficient (Wildman–Crippen LogP) is 2.49. The maximum Gasteiger partial charge on any atom is 0.408 e. The second-order valence-corrected chi connectivity index (χ2v) is 7.77. The van der Waals surface area contributed by atoms with E-state index in [4.69, 9.17) is 9.47 Å². The molecule has 0 bridgehead atoms. The Bertz CT molecular complexity index is 836. The van der Waals surface area contributed by atoms with Gasteiger partial charge in [0.2, 0.25) is 5.91 Å². The molecule has 8 nitrogen and oxygen atoms in total. The van der Waals surface area contributed by atoms with Crippen LogP contribution in [0.4, 0.5) is 10.6 Å². The van der Waals surface area contributed by atoms with Gasteiger partial charge in [-0.1, -0.05) is 50.2 Å². The zero-order chi connectivity index (χ0) is 22.1. The van der Waals surface area contributed by atoms with Crippen LogP contribution in [0.25, 0.3) is 0 Å². The fraction of sp³-hybridized carbons (Fsp3) is 0.435. The summed E-state index contributed by atoms with van der Waals surface area (Å²) >= 11 is 0. The van der Waals surface area contributed by atoms with E-state index in [-0.39, 0.29) is 18.4 Å². The molecular weight excluding hydrogens is 396 g/mol. The van der Waals surface area contributed by atoms with Gasteiger partial charge in [-0.05, 0) is 23.1 Å². The number of carbonyl (C=O) groups excluding carboxylic acids is 2. The van der Waals surface area contributed by atoms with Crippen LogP contribution in [0.15, 0.2) is 48.7 Å². The average Bonchev–Trinajstić information content (AvgIpc) is 2.81. The molecule has 1 fully saturated rings. The molecule has 1 aliphatic rings. The van der Waals surface area contributed by atoms with Crippen molar-refractivity contribution >= 4 is 17.8 Å². The van der Waals surface area contributed by atoms with E-state index < -0.39 is 12.1 Å². The Balaban J connectivity index is 1.47. The molecule has 2 aromatic rings. The summed E-state index contributed by atoms with van der Waals surface area (Å²) in [6.45, 7) is 7.30. The van der Waals surface area contributed by atoms with E-state index >= 15 is 0 Å². The number of pyridine rings is 1. The monoisotopic (exact) mass is 426 g/mol. The number of rotatable bonds is 8. The molecule has 1 aromatic heterocycles. The summed E-state index contributed by atoms with van der Waals surface area (Å²) in [5, 5.41) is 5.54. The number of benzene rings is 1. The van der Waals surface area contributed by atoms with E-state index in [0.29, 0.717) is 19.8 Å². The molecule has 8 heteroatoms. The number of carbonyl (C=O) groups is 2. The number of morpholine rings is 1. The number of hydrogen-bond donors (Lipinski definition) is 2. The first kappa shape index (κ1) is 22.6. The lowest BCUT2D eigenvalue weighted by molar-refractivity contribution is -0.124. The number of nitrogens with one attached hydrogen (secondary N) is 2. The summed E-state index contributed by atoms with van der Waals surface area (Å²) in [5.74, 6) is 0.552. The maximum absolute atomic E-state index is 12.7. The summed E-state index contributed by atoms with van der Waals surface area (Å²) in [6, 6.07) is 12.6. The van der Waals surface area contributed by atoms with Crippen molar-refractivity contribution in [1.82, 2.24) is 15.6 Å². The molecule has 1 saturated heterocycles. The van der Waals surface area contributed by atoms with Gasteiger partial charge >= 0.3 is 6.09 Å². The highest BCUT2D eigenvalue weighted by Gasteiger charge is 2.24. The SMILES string of the molecule is CC(C)[C@H](NC(=O)OCc1ccccc1)C(=O)NCc1ccc(N2CCOCC2)nc1. The molecule has 31 heavy (non-hydrogen) atoms. The molecular formula is C23H30N4O4. The zero-order valence-corrected chi connectivity index (χ0v) is 18.0. The van der Waals surface area contributed by atoms with E-state index in [9.17, 15) is 9.59 Å². The summed E-state index contributed by atoms with van der Waals surface area (Å²) < 4.78 is 10.6. The highest BCUT2D eigenvalue weighted by Crippen LogP contribution is 2.13. The predicted molar refractivity (Wildman–Crippen MR) is 118 cm³/mol. The van der Waals surface area contributed by atoms with E-state index in [1.54, 1.807) is 6.20 Å². The Morgan fingerprint density at radius 1 is 1.10 bits per heavy atom. The first-order valence-corrected chi connectivity index (χ1v) is 10.6. The van der Waals surface area contributed by atoms with Crippen molar-refractivity contribution in [2.45, 2.75) is 33.0 Å². The Morgan fingerprint density at radius 3 is 2.48 bits per heavy atom. The maximum atomic E-state index is 12.7. The summed E-state index contributed by atoms with van der Waals surface area (Å²) in [4.78, 5) is 31.5. The summed E-state index contributed by atoms with van der Waals surface area (Å²) in [5.41, 5.74) is 1.77. The van der Waals surface area contributed by atoms with Crippen molar-refractivity contribution in [3.63, 3.8) is 0 Å². The number of amides is 2. The Labute approximate surface area is 182 Å². The number of alkyl carbamates (subject to hydrolysis) is 1. The van der Waals surface area contributed by atoms with Crippen molar-refractivity contribution < 1.29 is 19.1 Å². The molecule has 166 valence electrons. The minimum atomic E-state index is -0.691. The lowest BCUT2D eigenvalue weighted by Crippen LogP contribution is -2.49. The standard InChI is InChI=1S/C23H30N4O4/c1-17(2)21(26-23(29)31-16-18-6-4-3-5-7-18)22(28)25-15-19-8-9-20(24-14-19)27-10-12-30-13-11-27/h3-9,14,17,21H,10-13,15-16H2,1-2H3,(H,25,28)(H,26,29)/t21-/m0/s1. The van der Waals surface area contributed by atoms with Crippen molar-refractivity contribution in [3.05, 3.63) is 59.8 Å². The molecule has 2 heterocycles. The highest BCUT2D eigenvalue weighted by atomic mass is 16.5. The first-order valence-electron chi connectivity index (χ1n) is 10.6. The van der Waals surface area contributed by atoms with Crippen LogP contribution < -0.4 is 15.5 Å². The second kappa shape index (κ2) is 11.3. The van der Waals surface area contributed by atoms with Crippen LogP contribution in [-0.4, -0.2) is 49.3 Å². The van der Waals surface area contributed by atoms with Crippen molar-refractivity contribution in [2.75, 3.05) is 31.2 Å². The fourth-order valence-electron chi connectivity index (χ4n) is 3.23. The van der Waals surface area contributed by atoms with E-state index in [2.05, 4.69) is 20.5 Å². The molecule has 0 aliphatic carbocycles. The zero-order valence-electron chi connectivity index (χ0n) is 18.0. The first-order chi connectivity index (χ1) is 15.0. The Hall–Kier alpha value is -3.13. The third-order valence-corrected chi connectivity index (χ3v) is 5.05. The number of aromatic nitrogens is 1. The highest BCUT2D eigenvalue weighted by molar-refractivity contribution is 5.85. The molecule has 2 N–H and O–H groups in total. The van der Waals surface area contributed by atoms with Gasteiger partial charge in [-0.25, -0.2) is 9.78 Å². The van der Waals surface area contributed by atoms with Crippen LogP contribution >= 0.6 is 0 Å². The minimum Gasteiger partial charge on any atom is -0.445 e. The summed E-state index contributed by atoms with van der Waals surface area (Å²) in [7, 11) is 0. The molecule has 0 radical (unpaired) electrons. The third-order valence-electron chi connectivity index (χ3n) is 5.05. The second-order valence-electron chi connectivity index (χ2n) is 7.77. The molecule has 2 amide bonds. The minimum absolute atomic E-state index is 0.0916. The molecule has 1 aromatic carbocycles. The van der Waals surface area contributed by atoms with Crippen LogP contribution in [-0.2, 0) is 27.4 Å². The summed E-state index contributed by atoms with van der Waals surface area (Å²) in [6.07, 6.45) is 1.14. The normalized spacial score (nSPS) is 14.7. The Kier molecular flexibility index (Phi) is 8.23. The third kappa shape index (κ3) is 6.96. The molecule has 0 unspecified atom stereocenters. The smallest absolute Gasteiger partial charge is 0.408 e. The molecule has 1 atom stereocenters. The molecule has 3 rings (SSSR count). The average molecular weight is 427 g/mol. The van der Waals surface area contributed by atoms with Crippen molar-refractivity contribution in [3.8, 4) is 0 Å². The van der Waals surface area contributed by atoms with Crippen LogP contribution in [0.5, 0.6) is 0 Å². The molecule has 0 saturated carbocycles. The van der Waals surface area contributed by atoms with Gasteiger partial charge < -0.3 is 25.0 Å². The lowest BCUT2D eigenvalue weighted by Gasteiger charge is -2.27.